The fourth-order valence-corrected chi connectivity index (χ4v) is 6.52. The summed E-state index contributed by atoms with van der Waals surface area (Å²) in [5.41, 5.74) is 4.84. The van der Waals surface area contributed by atoms with Gasteiger partial charge in [0.15, 0.2) is 0 Å². The number of carbonyl (C=O) groups excluding carboxylic acids is 2. The Morgan fingerprint density at radius 1 is 0.906 bits per heavy atom. The average molecular weight is 743 g/mol. The van der Waals surface area contributed by atoms with Gasteiger partial charge in [-0.3, -0.25) is 4.79 Å². The van der Waals surface area contributed by atoms with Gasteiger partial charge in [-0.05, 0) is 92.4 Å². The first kappa shape index (κ1) is 47.9. The Morgan fingerprint density at radius 3 is 2.19 bits per heavy atom. The standard InChI is InChI=1S/C44H70O9/c1-28(13-11-14-29(2)25-39(48)40(49)27-37(10)46)21-30(3)18-20-44(51)52-41-15-12-16-43(50)53-42(19-17-31(4)22-34(41)7)35(8)24-32(5)23-33(6)38(47)26-36(9)45/h11,13-14,17-18,20-21,23,25,33-42,45-49H,12,15-16,19,22,24,26-27H2,1-10H3/b14-11+,20-18+,28-13+,29-25+,30-21+,31-17?,32-23+/t33-,34+,35+,36-,37+,38-,39+,40+,41+,42-/m1/s1. The zero-order valence-electron chi connectivity index (χ0n) is 34.0. The maximum Gasteiger partial charge on any atom is 0.331 e. The number of ether oxygens (including phenoxy) is 2. The van der Waals surface area contributed by atoms with Crippen LogP contribution in [0.2, 0.25) is 0 Å². The number of allylic oxidation sites excluding steroid dienone is 10. The van der Waals surface area contributed by atoms with Crippen LogP contribution in [-0.2, 0) is 19.1 Å². The van der Waals surface area contributed by atoms with E-state index in [0.29, 0.717) is 25.7 Å². The Morgan fingerprint density at radius 2 is 1.55 bits per heavy atom. The maximum absolute atomic E-state index is 12.9. The molecule has 53 heavy (non-hydrogen) atoms. The largest absolute Gasteiger partial charge is 0.462 e. The fraction of sp³-hybridized carbons (Fsp3) is 0.636. The number of aliphatic hydroxyl groups excluding tert-OH is 5. The van der Waals surface area contributed by atoms with Crippen molar-refractivity contribution in [1.29, 1.82) is 0 Å². The summed E-state index contributed by atoms with van der Waals surface area (Å²) in [7, 11) is 0. The average Bonchev–Trinajstić information content (AvgIpc) is 3.03. The van der Waals surface area contributed by atoms with Crippen LogP contribution in [0.15, 0.2) is 82.5 Å². The van der Waals surface area contributed by atoms with Crippen LogP contribution in [0.3, 0.4) is 0 Å². The SMILES string of the molecule is CC1=CC[C@H]([C@@H](C)C/C(C)=C/[C@@H](C)[C@H](O)C[C@@H](C)O)OC(=O)CCC[C@H](OC(=O)/C=C/C(C)=C/C(C)=C/C=C/C(C)=C/[C@H](O)[C@@H](O)C[C@H](C)O)[C@@H](C)C1. The summed E-state index contributed by atoms with van der Waals surface area (Å²) in [5, 5.41) is 49.4. The Labute approximate surface area is 319 Å². The molecule has 1 heterocycles. The second-order valence-corrected chi connectivity index (χ2v) is 15.6. The molecule has 5 N–H and O–H groups in total. The van der Waals surface area contributed by atoms with Gasteiger partial charge < -0.3 is 35.0 Å². The van der Waals surface area contributed by atoms with Gasteiger partial charge in [0.25, 0.3) is 0 Å². The molecule has 1 aliphatic heterocycles. The van der Waals surface area contributed by atoms with Gasteiger partial charge in [0.1, 0.15) is 12.2 Å². The Hall–Kier alpha value is -3.08. The van der Waals surface area contributed by atoms with Crippen LogP contribution in [-0.4, -0.2) is 80.2 Å². The molecular weight excluding hydrogens is 672 g/mol. The Kier molecular flexibility index (Phi) is 22.7. The molecule has 0 aromatic heterocycles. The lowest BCUT2D eigenvalue weighted by Crippen LogP contribution is -2.28. The topological polar surface area (TPSA) is 154 Å². The number of esters is 2. The zero-order valence-corrected chi connectivity index (χ0v) is 34.0. The number of rotatable bonds is 17. The summed E-state index contributed by atoms with van der Waals surface area (Å²) in [5.74, 6) is -0.659. The molecule has 0 fully saturated rings. The van der Waals surface area contributed by atoms with E-state index in [2.05, 4.69) is 26.8 Å². The molecular formula is C44H70O9. The quantitative estimate of drug-likeness (QED) is 0.0440. The molecule has 0 spiro atoms. The highest BCUT2D eigenvalue weighted by Gasteiger charge is 2.26. The summed E-state index contributed by atoms with van der Waals surface area (Å²) in [6, 6.07) is 0. The van der Waals surface area contributed by atoms with E-state index >= 15 is 0 Å². The third-order valence-corrected chi connectivity index (χ3v) is 9.48. The van der Waals surface area contributed by atoms with E-state index in [0.717, 1.165) is 40.7 Å². The normalized spacial score (nSPS) is 24.7. The van der Waals surface area contributed by atoms with Crippen molar-refractivity contribution in [3.8, 4) is 0 Å². The van der Waals surface area contributed by atoms with Crippen molar-refractivity contribution >= 4 is 11.9 Å². The first-order valence-electron chi connectivity index (χ1n) is 19.3. The number of hydrogen-bond acceptors (Lipinski definition) is 9. The molecule has 300 valence electrons. The second-order valence-electron chi connectivity index (χ2n) is 15.6. The summed E-state index contributed by atoms with van der Waals surface area (Å²) in [4.78, 5) is 25.9. The summed E-state index contributed by atoms with van der Waals surface area (Å²) < 4.78 is 11.9. The molecule has 1 rings (SSSR count). The molecule has 0 saturated heterocycles. The Bertz CT molecular complexity index is 1350. The smallest absolute Gasteiger partial charge is 0.331 e. The van der Waals surface area contributed by atoms with Gasteiger partial charge >= 0.3 is 11.9 Å². The van der Waals surface area contributed by atoms with Crippen LogP contribution in [0, 0.1) is 17.8 Å². The van der Waals surface area contributed by atoms with Gasteiger partial charge in [-0.15, -0.1) is 0 Å². The lowest BCUT2D eigenvalue weighted by molar-refractivity contribution is -0.152. The highest BCUT2D eigenvalue weighted by Crippen LogP contribution is 2.27. The summed E-state index contributed by atoms with van der Waals surface area (Å²) in [6.45, 7) is 19.1. The minimum absolute atomic E-state index is 0.0587. The molecule has 0 unspecified atom stereocenters. The van der Waals surface area contributed by atoms with E-state index in [1.807, 2.05) is 65.0 Å². The minimum atomic E-state index is -1.07. The first-order valence-corrected chi connectivity index (χ1v) is 19.3. The molecule has 0 amide bonds. The third-order valence-electron chi connectivity index (χ3n) is 9.48. The van der Waals surface area contributed by atoms with E-state index in [4.69, 9.17) is 9.47 Å². The van der Waals surface area contributed by atoms with Gasteiger partial charge in [0.2, 0.25) is 0 Å². The molecule has 0 saturated carbocycles. The predicted octanol–water partition coefficient (Wildman–Crippen LogP) is 7.54. The molecule has 10 atom stereocenters. The van der Waals surface area contributed by atoms with Crippen molar-refractivity contribution in [2.75, 3.05) is 0 Å². The Balaban J connectivity index is 2.86. The zero-order chi connectivity index (χ0) is 40.2. The van der Waals surface area contributed by atoms with Crippen LogP contribution in [0.1, 0.15) is 121 Å². The molecule has 1 aliphatic rings. The van der Waals surface area contributed by atoms with Crippen LogP contribution in [0.4, 0.5) is 0 Å². The highest BCUT2D eigenvalue weighted by atomic mass is 16.5. The van der Waals surface area contributed by atoms with Gasteiger partial charge in [0, 0.05) is 31.3 Å². The maximum atomic E-state index is 12.9. The van der Waals surface area contributed by atoms with Crippen molar-refractivity contribution in [3.63, 3.8) is 0 Å². The molecule has 0 aromatic rings. The third kappa shape index (κ3) is 21.4. The van der Waals surface area contributed by atoms with Gasteiger partial charge in [-0.2, -0.15) is 0 Å². The van der Waals surface area contributed by atoms with Crippen molar-refractivity contribution in [1.82, 2.24) is 0 Å². The van der Waals surface area contributed by atoms with Crippen molar-refractivity contribution in [2.45, 2.75) is 163 Å². The predicted molar refractivity (Wildman–Crippen MR) is 213 cm³/mol. The lowest BCUT2D eigenvalue weighted by Gasteiger charge is -2.27. The first-order chi connectivity index (χ1) is 24.8. The summed E-state index contributed by atoms with van der Waals surface area (Å²) >= 11 is 0. The number of cyclic esters (lactones) is 1. The highest BCUT2D eigenvalue weighted by molar-refractivity contribution is 5.82. The number of carbonyl (C=O) groups is 2. The fourth-order valence-electron chi connectivity index (χ4n) is 6.52. The molecule has 0 aromatic carbocycles. The van der Waals surface area contributed by atoms with Crippen LogP contribution in [0.5, 0.6) is 0 Å². The van der Waals surface area contributed by atoms with Crippen molar-refractivity contribution in [2.24, 2.45) is 17.8 Å². The van der Waals surface area contributed by atoms with Crippen LogP contribution < -0.4 is 0 Å². The van der Waals surface area contributed by atoms with E-state index in [9.17, 15) is 35.1 Å². The minimum Gasteiger partial charge on any atom is -0.462 e. The lowest BCUT2D eigenvalue weighted by atomic mass is 9.89. The molecule has 9 nitrogen and oxygen atoms in total. The molecule has 0 bridgehead atoms. The molecule has 0 radical (unpaired) electrons. The number of hydrogen-bond donors (Lipinski definition) is 5. The van der Waals surface area contributed by atoms with E-state index in [-0.39, 0.29) is 48.8 Å². The summed E-state index contributed by atoms with van der Waals surface area (Å²) in [6.07, 6.45) is 15.5. The second kappa shape index (κ2) is 25.1. The van der Waals surface area contributed by atoms with Crippen molar-refractivity contribution < 1.29 is 44.6 Å². The van der Waals surface area contributed by atoms with Crippen LogP contribution >= 0.6 is 0 Å². The van der Waals surface area contributed by atoms with Gasteiger partial charge in [-0.1, -0.05) is 97.2 Å². The van der Waals surface area contributed by atoms with E-state index in [1.165, 1.54) is 6.08 Å². The van der Waals surface area contributed by atoms with E-state index in [1.54, 1.807) is 26.0 Å². The van der Waals surface area contributed by atoms with Crippen molar-refractivity contribution in [3.05, 3.63) is 82.5 Å². The van der Waals surface area contributed by atoms with Gasteiger partial charge in [-0.25, -0.2) is 4.79 Å². The van der Waals surface area contributed by atoms with Gasteiger partial charge in [0.05, 0.1) is 30.5 Å². The monoisotopic (exact) mass is 743 g/mol. The van der Waals surface area contributed by atoms with Crippen LogP contribution in [0.25, 0.3) is 0 Å². The molecule has 0 aliphatic carbocycles. The van der Waals surface area contributed by atoms with E-state index < -0.39 is 36.5 Å². The number of aliphatic hydroxyl groups is 5. The molecule has 9 heteroatoms.